The quantitative estimate of drug-likeness (QED) is 0.617. The number of hydrogen-bond donors (Lipinski definition) is 1. The lowest BCUT2D eigenvalue weighted by Gasteiger charge is -2.33. The summed E-state index contributed by atoms with van der Waals surface area (Å²) in [5.74, 6) is 0.105. The fourth-order valence-electron chi connectivity index (χ4n) is 1.57. The summed E-state index contributed by atoms with van der Waals surface area (Å²) >= 11 is 6.04. The fraction of sp³-hybridized carbons (Fsp3) is 0.600. The normalized spacial score (nSPS) is 36.8. The lowest BCUT2D eigenvalue weighted by Crippen LogP contribution is -2.34. The van der Waals surface area contributed by atoms with E-state index in [1.807, 2.05) is 33.8 Å². The van der Waals surface area contributed by atoms with E-state index in [4.69, 9.17) is 11.6 Å². The second kappa shape index (κ2) is 2.90. The third kappa shape index (κ3) is 1.44. The highest BCUT2D eigenvalue weighted by atomic mass is 35.5. The molecule has 1 nitrogen and oxygen atoms in total. The molecule has 1 N–H and O–H groups in total. The molecule has 0 amide bonds. The van der Waals surface area contributed by atoms with Crippen LogP contribution in [0, 0.1) is 5.92 Å². The third-order valence-electron chi connectivity index (χ3n) is 2.73. The Bertz CT molecular complexity index is 261. The lowest BCUT2D eigenvalue weighted by molar-refractivity contribution is 0.0669. The number of aliphatic hydroxyl groups is 1. The van der Waals surface area contributed by atoms with Crippen LogP contribution < -0.4 is 0 Å². The van der Waals surface area contributed by atoms with Crippen molar-refractivity contribution in [1.82, 2.24) is 0 Å². The zero-order valence-corrected chi connectivity index (χ0v) is 8.74. The van der Waals surface area contributed by atoms with E-state index >= 15 is 0 Å². The molecule has 0 aliphatic heterocycles. The van der Waals surface area contributed by atoms with Crippen molar-refractivity contribution in [3.63, 3.8) is 0 Å². The summed E-state index contributed by atoms with van der Waals surface area (Å²) in [6, 6.07) is 0. The van der Waals surface area contributed by atoms with E-state index in [0.29, 0.717) is 0 Å². The summed E-state index contributed by atoms with van der Waals surface area (Å²) < 4.78 is 0. The Morgan fingerprint density at radius 2 is 2.00 bits per heavy atom. The summed E-state index contributed by atoms with van der Waals surface area (Å²) in [4.78, 5) is 0. The first-order chi connectivity index (χ1) is 5.36. The maximum atomic E-state index is 9.93. The maximum absolute atomic E-state index is 9.93. The second-order valence-electron chi connectivity index (χ2n) is 3.77. The van der Waals surface area contributed by atoms with Gasteiger partial charge in [0, 0.05) is 11.0 Å². The highest BCUT2D eigenvalue weighted by molar-refractivity contribution is 6.32. The minimum Gasteiger partial charge on any atom is -0.385 e. The molecule has 0 spiro atoms. The van der Waals surface area contributed by atoms with Crippen LogP contribution in [0.3, 0.4) is 0 Å². The Kier molecular flexibility index (Phi) is 2.37. The molecule has 0 aromatic heterocycles. The average molecular weight is 187 g/mol. The van der Waals surface area contributed by atoms with Gasteiger partial charge >= 0.3 is 0 Å². The van der Waals surface area contributed by atoms with Crippen LogP contribution in [0.15, 0.2) is 22.3 Å². The molecule has 0 bridgehead atoms. The van der Waals surface area contributed by atoms with Crippen LogP contribution in [-0.4, -0.2) is 10.7 Å². The predicted octanol–water partition coefficient (Wildman–Crippen LogP) is 2.85. The van der Waals surface area contributed by atoms with Crippen molar-refractivity contribution < 1.29 is 5.11 Å². The minimum absolute atomic E-state index is 0.105. The molecule has 0 saturated carbocycles. The first-order valence-electron chi connectivity index (χ1n) is 4.14. The van der Waals surface area contributed by atoms with E-state index < -0.39 is 5.60 Å². The van der Waals surface area contributed by atoms with E-state index in [9.17, 15) is 5.11 Å². The smallest absolute Gasteiger partial charge is 0.0868 e. The Morgan fingerprint density at radius 1 is 1.50 bits per heavy atom. The molecule has 0 saturated heterocycles. The zero-order valence-electron chi connectivity index (χ0n) is 7.98. The van der Waals surface area contributed by atoms with E-state index in [-0.39, 0.29) is 5.92 Å². The zero-order chi connectivity index (χ0) is 9.52. The van der Waals surface area contributed by atoms with Gasteiger partial charge in [-0.05, 0) is 38.0 Å². The molecule has 2 atom stereocenters. The SMILES string of the molecule is CC1=CC(C)(O)C(C)C(C)=C1Cl. The van der Waals surface area contributed by atoms with Crippen molar-refractivity contribution in [2.75, 3.05) is 0 Å². The lowest BCUT2D eigenvalue weighted by atomic mass is 9.79. The molecule has 2 heteroatoms. The topological polar surface area (TPSA) is 20.2 Å². The van der Waals surface area contributed by atoms with Crippen LogP contribution in [-0.2, 0) is 0 Å². The molecule has 0 heterocycles. The molecule has 2 unspecified atom stereocenters. The summed E-state index contributed by atoms with van der Waals surface area (Å²) in [5.41, 5.74) is 1.30. The largest absolute Gasteiger partial charge is 0.385 e. The van der Waals surface area contributed by atoms with Crippen molar-refractivity contribution in [3.05, 3.63) is 22.3 Å². The molecule has 12 heavy (non-hydrogen) atoms. The molecule has 0 fully saturated rings. The van der Waals surface area contributed by atoms with Crippen LogP contribution >= 0.6 is 11.6 Å². The monoisotopic (exact) mass is 186 g/mol. The fourth-order valence-corrected chi connectivity index (χ4v) is 1.78. The van der Waals surface area contributed by atoms with Gasteiger partial charge in [-0.1, -0.05) is 18.5 Å². The highest BCUT2D eigenvalue weighted by Crippen LogP contribution is 2.37. The van der Waals surface area contributed by atoms with Crippen molar-refractivity contribution in [1.29, 1.82) is 0 Å². The first-order valence-corrected chi connectivity index (χ1v) is 4.52. The Hall–Kier alpha value is -0.270. The summed E-state index contributed by atoms with van der Waals surface area (Å²) in [6.07, 6.45) is 1.83. The van der Waals surface area contributed by atoms with Gasteiger partial charge in [0.2, 0.25) is 0 Å². The van der Waals surface area contributed by atoms with Crippen LogP contribution in [0.5, 0.6) is 0 Å². The third-order valence-corrected chi connectivity index (χ3v) is 3.32. The van der Waals surface area contributed by atoms with Gasteiger partial charge in [0.05, 0.1) is 5.60 Å². The molecule has 1 rings (SSSR count). The van der Waals surface area contributed by atoms with Crippen LogP contribution in [0.25, 0.3) is 0 Å². The summed E-state index contributed by atoms with van der Waals surface area (Å²) in [5, 5.41) is 10.7. The van der Waals surface area contributed by atoms with Crippen molar-refractivity contribution >= 4 is 11.6 Å². The minimum atomic E-state index is -0.743. The Labute approximate surface area is 78.7 Å². The van der Waals surface area contributed by atoms with Crippen molar-refractivity contribution in [2.45, 2.75) is 33.3 Å². The van der Waals surface area contributed by atoms with Gasteiger partial charge < -0.3 is 5.11 Å². The molecular weight excluding hydrogens is 172 g/mol. The van der Waals surface area contributed by atoms with Gasteiger partial charge in [-0.25, -0.2) is 0 Å². The molecular formula is C10H15ClO. The van der Waals surface area contributed by atoms with E-state index in [1.165, 1.54) is 0 Å². The summed E-state index contributed by atoms with van der Waals surface area (Å²) in [6.45, 7) is 7.69. The summed E-state index contributed by atoms with van der Waals surface area (Å²) in [7, 11) is 0. The maximum Gasteiger partial charge on any atom is 0.0868 e. The van der Waals surface area contributed by atoms with Gasteiger partial charge in [0.1, 0.15) is 0 Å². The standard InChI is InChI=1S/C10H15ClO/c1-6-5-10(4,12)8(3)7(2)9(6)11/h5,8,12H,1-4H3. The van der Waals surface area contributed by atoms with Crippen LogP contribution in [0.4, 0.5) is 0 Å². The highest BCUT2D eigenvalue weighted by Gasteiger charge is 2.32. The Balaban J connectivity index is 3.15. The van der Waals surface area contributed by atoms with Gasteiger partial charge in [0.25, 0.3) is 0 Å². The number of halogens is 1. The van der Waals surface area contributed by atoms with Gasteiger partial charge in [-0.3, -0.25) is 0 Å². The van der Waals surface area contributed by atoms with Gasteiger partial charge in [-0.2, -0.15) is 0 Å². The van der Waals surface area contributed by atoms with Crippen LogP contribution in [0.1, 0.15) is 27.7 Å². The van der Waals surface area contributed by atoms with E-state index in [1.54, 1.807) is 0 Å². The predicted molar refractivity (Wildman–Crippen MR) is 52.1 cm³/mol. The molecule has 1 aliphatic carbocycles. The van der Waals surface area contributed by atoms with Crippen LogP contribution in [0.2, 0.25) is 0 Å². The molecule has 1 aliphatic rings. The van der Waals surface area contributed by atoms with Crippen molar-refractivity contribution in [3.8, 4) is 0 Å². The number of allylic oxidation sites excluding steroid dienone is 2. The average Bonchev–Trinajstić information content (AvgIpc) is 1.97. The molecule has 0 radical (unpaired) electrons. The second-order valence-corrected chi connectivity index (χ2v) is 4.15. The number of hydrogen-bond acceptors (Lipinski definition) is 1. The molecule has 0 aromatic rings. The van der Waals surface area contributed by atoms with Crippen molar-refractivity contribution in [2.24, 2.45) is 5.92 Å². The van der Waals surface area contributed by atoms with E-state index in [2.05, 4.69) is 0 Å². The number of rotatable bonds is 0. The van der Waals surface area contributed by atoms with Gasteiger partial charge in [-0.15, -0.1) is 0 Å². The molecule has 68 valence electrons. The van der Waals surface area contributed by atoms with E-state index in [0.717, 1.165) is 16.2 Å². The first kappa shape index (κ1) is 9.82. The molecule has 0 aromatic carbocycles. The van der Waals surface area contributed by atoms with Gasteiger partial charge in [0.15, 0.2) is 0 Å². The Morgan fingerprint density at radius 3 is 2.50 bits per heavy atom.